The maximum Gasteiger partial charge on any atom is 0.0657 e. The second-order valence-electron chi connectivity index (χ2n) is 6.13. The van der Waals surface area contributed by atoms with Crippen LogP contribution in [0, 0.1) is 5.41 Å². The second kappa shape index (κ2) is 5.89. The molecule has 3 nitrogen and oxygen atoms in total. The Morgan fingerprint density at radius 3 is 2.28 bits per heavy atom. The number of hydrogen-bond donors (Lipinski definition) is 2. The molecule has 0 bridgehead atoms. The van der Waals surface area contributed by atoms with Crippen LogP contribution in [0.2, 0.25) is 0 Å². The molecule has 0 aliphatic heterocycles. The van der Waals surface area contributed by atoms with Crippen molar-refractivity contribution >= 4 is 0 Å². The van der Waals surface area contributed by atoms with E-state index in [9.17, 15) is 5.11 Å². The number of methoxy groups -OCH3 is 1. The normalized spacial score (nSPS) is 39.3. The monoisotopic (exact) mass is 255 g/mol. The fraction of sp³-hybridized carbons (Fsp3) is 1.00. The van der Waals surface area contributed by atoms with Crippen molar-refractivity contribution in [2.75, 3.05) is 7.11 Å². The van der Waals surface area contributed by atoms with Gasteiger partial charge >= 0.3 is 0 Å². The molecule has 0 radical (unpaired) electrons. The molecule has 2 rings (SSSR count). The van der Waals surface area contributed by atoms with Crippen molar-refractivity contribution < 1.29 is 9.84 Å². The minimum absolute atomic E-state index is 0.0572. The first-order chi connectivity index (χ1) is 8.66. The SMILES string of the molecule is CCC1(CC)C(NC2CCC(O)CC2)CC1OC. The summed E-state index contributed by atoms with van der Waals surface area (Å²) in [6, 6.07) is 1.21. The number of nitrogens with one attached hydrogen (secondary N) is 1. The lowest BCUT2D eigenvalue weighted by atomic mass is 9.58. The molecule has 0 aromatic heterocycles. The third-order valence-electron chi connectivity index (χ3n) is 5.52. The van der Waals surface area contributed by atoms with Crippen LogP contribution >= 0.6 is 0 Å². The summed E-state index contributed by atoms with van der Waals surface area (Å²) in [5.74, 6) is 0. The molecule has 2 unspecified atom stereocenters. The van der Waals surface area contributed by atoms with E-state index in [1.165, 1.54) is 12.8 Å². The molecular weight excluding hydrogens is 226 g/mol. The fourth-order valence-corrected chi connectivity index (χ4v) is 4.04. The van der Waals surface area contributed by atoms with Gasteiger partial charge in [-0.3, -0.25) is 0 Å². The van der Waals surface area contributed by atoms with Gasteiger partial charge in [0.25, 0.3) is 0 Å². The Bertz CT molecular complexity index is 257. The molecule has 0 heterocycles. The van der Waals surface area contributed by atoms with Crippen LogP contribution < -0.4 is 5.32 Å². The predicted octanol–water partition coefficient (Wildman–Crippen LogP) is 2.47. The molecule has 0 amide bonds. The smallest absolute Gasteiger partial charge is 0.0657 e. The van der Waals surface area contributed by atoms with Gasteiger partial charge in [0.15, 0.2) is 0 Å². The lowest BCUT2D eigenvalue weighted by Crippen LogP contribution is -2.65. The lowest BCUT2D eigenvalue weighted by Gasteiger charge is -2.56. The van der Waals surface area contributed by atoms with E-state index < -0.39 is 0 Å². The highest BCUT2D eigenvalue weighted by atomic mass is 16.5. The van der Waals surface area contributed by atoms with Crippen LogP contribution in [0.4, 0.5) is 0 Å². The topological polar surface area (TPSA) is 41.5 Å². The summed E-state index contributed by atoms with van der Waals surface area (Å²) in [6.07, 6.45) is 8.07. The first-order valence-corrected chi connectivity index (χ1v) is 7.63. The Balaban J connectivity index is 1.89. The minimum Gasteiger partial charge on any atom is -0.393 e. The number of aliphatic hydroxyl groups is 1. The van der Waals surface area contributed by atoms with E-state index in [1.807, 2.05) is 7.11 Å². The first kappa shape index (κ1) is 14.3. The summed E-state index contributed by atoms with van der Waals surface area (Å²) in [7, 11) is 1.85. The highest BCUT2D eigenvalue weighted by Crippen LogP contribution is 2.49. The zero-order valence-corrected chi connectivity index (χ0v) is 12.1. The molecule has 2 aliphatic carbocycles. The van der Waals surface area contributed by atoms with E-state index in [0.29, 0.717) is 23.6 Å². The summed E-state index contributed by atoms with van der Waals surface area (Å²) in [5.41, 5.74) is 0.338. The zero-order chi connectivity index (χ0) is 13.2. The van der Waals surface area contributed by atoms with E-state index in [0.717, 1.165) is 32.1 Å². The van der Waals surface area contributed by atoms with Gasteiger partial charge in [-0.05, 0) is 44.9 Å². The maximum atomic E-state index is 9.56. The average molecular weight is 255 g/mol. The summed E-state index contributed by atoms with van der Waals surface area (Å²) in [6.45, 7) is 4.57. The number of ether oxygens (including phenoxy) is 1. The van der Waals surface area contributed by atoms with Crippen LogP contribution in [0.3, 0.4) is 0 Å². The van der Waals surface area contributed by atoms with Crippen LogP contribution in [-0.2, 0) is 4.74 Å². The van der Waals surface area contributed by atoms with Gasteiger partial charge in [0.2, 0.25) is 0 Å². The number of rotatable bonds is 5. The molecule has 106 valence electrons. The number of hydrogen-bond acceptors (Lipinski definition) is 3. The molecule has 2 fully saturated rings. The van der Waals surface area contributed by atoms with Crippen LogP contribution in [-0.4, -0.2) is 36.5 Å². The third-order valence-corrected chi connectivity index (χ3v) is 5.52. The standard InChI is InChI=1S/C15H29NO2/c1-4-15(5-2)13(10-14(15)18-3)16-11-6-8-12(17)9-7-11/h11-14,16-17H,4-10H2,1-3H3. The summed E-state index contributed by atoms with van der Waals surface area (Å²) in [4.78, 5) is 0. The molecule has 2 aliphatic rings. The molecule has 18 heavy (non-hydrogen) atoms. The predicted molar refractivity (Wildman–Crippen MR) is 73.6 cm³/mol. The quantitative estimate of drug-likeness (QED) is 0.793. The van der Waals surface area contributed by atoms with Crippen LogP contribution in [0.15, 0.2) is 0 Å². The van der Waals surface area contributed by atoms with Crippen molar-refractivity contribution in [3.63, 3.8) is 0 Å². The molecule has 2 atom stereocenters. The number of aliphatic hydroxyl groups excluding tert-OH is 1. The molecule has 2 saturated carbocycles. The zero-order valence-electron chi connectivity index (χ0n) is 12.1. The van der Waals surface area contributed by atoms with Gasteiger partial charge < -0.3 is 15.2 Å². The minimum atomic E-state index is -0.0572. The van der Waals surface area contributed by atoms with E-state index in [4.69, 9.17) is 4.74 Å². The van der Waals surface area contributed by atoms with Gasteiger partial charge in [-0.25, -0.2) is 0 Å². The van der Waals surface area contributed by atoms with Crippen molar-refractivity contribution in [1.29, 1.82) is 0 Å². The summed E-state index contributed by atoms with van der Waals surface area (Å²) in [5, 5.41) is 13.4. The van der Waals surface area contributed by atoms with Gasteiger partial charge in [0.05, 0.1) is 12.2 Å². The van der Waals surface area contributed by atoms with Gasteiger partial charge in [0.1, 0.15) is 0 Å². The Morgan fingerprint density at radius 1 is 1.17 bits per heavy atom. The van der Waals surface area contributed by atoms with Gasteiger partial charge in [-0.1, -0.05) is 13.8 Å². The van der Waals surface area contributed by atoms with Gasteiger partial charge in [0, 0.05) is 24.6 Å². The summed E-state index contributed by atoms with van der Waals surface area (Å²) < 4.78 is 5.64. The fourth-order valence-electron chi connectivity index (χ4n) is 4.04. The molecule has 2 N–H and O–H groups in total. The summed E-state index contributed by atoms with van der Waals surface area (Å²) >= 11 is 0. The Hall–Kier alpha value is -0.120. The molecule has 0 saturated heterocycles. The van der Waals surface area contributed by atoms with Crippen LogP contribution in [0.25, 0.3) is 0 Å². The molecule has 0 aromatic carbocycles. The molecule has 3 heteroatoms. The first-order valence-electron chi connectivity index (χ1n) is 7.63. The molecule has 0 aromatic rings. The third kappa shape index (κ3) is 2.45. The van der Waals surface area contributed by atoms with Crippen LogP contribution in [0.5, 0.6) is 0 Å². The van der Waals surface area contributed by atoms with Crippen LogP contribution in [0.1, 0.15) is 58.8 Å². The van der Waals surface area contributed by atoms with E-state index in [1.54, 1.807) is 0 Å². The maximum absolute atomic E-state index is 9.56. The van der Waals surface area contributed by atoms with E-state index >= 15 is 0 Å². The lowest BCUT2D eigenvalue weighted by molar-refractivity contribution is -0.127. The van der Waals surface area contributed by atoms with Crippen molar-refractivity contribution in [3.05, 3.63) is 0 Å². The van der Waals surface area contributed by atoms with Crippen molar-refractivity contribution in [2.24, 2.45) is 5.41 Å². The Kier molecular flexibility index (Phi) is 4.68. The Labute approximate surface area is 111 Å². The Morgan fingerprint density at radius 2 is 1.78 bits per heavy atom. The van der Waals surface area contributed by atoms with E-state index in [-0.39, 0.29) is 6.10 Å². The largest absolute Gasteiger partial charge is 0.393 e. The second-order valence-corrected chi connectivity index (χ2v) is 6.13. The van der Waals surface area contributed by atoms with E-state index in [2.05, 4.69) is 19.2 Å². The molecular formula is C15H29NO2. The highest BCUT2D eigenvalue weighted by molar-refractivity contribution is 5.07. The highest BCUT2D eigenvalue weighted by Gasteiger charge is 2.53. The average Bonchev–Trinajstić information content (AvgIpc) is 2.38. The van der Waals surface area contributed by atoms with Crippen molar-refractivity contribution in [1.82, 2.24) is 5.32 Å². The van der Waals surface area contributed by atoms with Crippen molar-refractivity contribution in [3.8, 4) is 0 Å². The van der Waals surface area contributed by atoms with Crippen molar-refractivity contribution in [2.45, 2.75) is 83.1 Å². The molecule has 0 spiro atoms. The van der Waals surface area contributed by atoms with Gasteiger partial charge in [-0.2, -0.15) is 0 Å². The van der Waals surface area contributed by atoms with Gasteiger partial charge in [-0.15, -0.1) is 0 Å².